The van der Waals surface area contributed by atoms with Crippen LogP contribution in [0.2, 0.25) is 0 Å². The lowest BCUT2D eigenvalue weighted by Crippen LogP contribution is -2.54. The Hall–Kier alpha value is -0.200. The average molecular weight is 270 g/mol. The van der Waals surface area contributed by atoms with Gasteiger partial charge in [-0.05, 0) is 13.5 Å². The Balaban J connectivity index is 1.70. The van der Waals surface area contributed by atoms with Crippen LogP contribution >= 0.6 is 0 Å². The molecule has 0 bridgehead atoms. The van der Waals surface area contributed by atoms with Crippen molar-refractivity contribution in [1.82, 2.24) is 14.7 Å². The number of nitrogens with two attached hydrogens (primary N) is 1. The van der Waals surface area contributed by atoms with E-state index in [0.29, 0.717) is 12.1 Å². The van der Waals surface area contributed by atoms with Crippen molar-refractivity contribution < 1.29 is 4.74 Å². The van der Waals surface area contributed by atoms with Crippen molar-refractivity contribution >= 4 is 0 Å². The Morgan fingerprint density at radius 3 is 2.53 bits per heavy atom. The topological polar surface area (TPSA) is 45.0 Å². The van der Waals surface area contributed by atoms with Gasteiger partial charge in [0.25, 0.3) is 0 Å². The molecule has 0 saturated carbocycles. The molecule has 2 aliphatic rings. The van der Waals surface area contributed by atoms with Crippen molar-refractivity contribution in [2.24, 2.45) is 5.73 Å². The summed E-state index contributed by atoms with van der Waals surface area (Å²) >= 11 is 0. The molecule has 2 saturated heterocycles. The van der Waals surface area contributed by atoms with Gasteiger partial charge in [-0.15, -0.1) is 0 Å². The van der Waals surface area contributed by atoms with Gasteiger partial charge < -0.3 is 10.5 Å². The summed E-state index contributed by atoms with van der Waals surface area (Å²) in [4.78, 5) is 7.53. The molecule has 0 aromatic rings. The van der Waals surface area contributed by atoms with Crippen LogP contribution in [-0.2, 0) is 4.74 Å². The molecular weight excluding hydrogens is 240 g/mol. The minimum atomic E-state index is 0.396. The lowest BCUT2D eigenvalue weighted by Gasteiger charge is -2.40. The van der Waals surface area contributed by atoms with Crippen molar-refractivity contribution in [2.45, 2.75) is 26.0 Å². The summed E-state index contributed by atoms with van der Waals surface area (Å²) in [5, 5.41) is 0. The smallest absolute Gasteiger partial charge is 0.0829 e. The molecule has 2 heterocycles. The van der Waals surface area contributed by atoms with Crippen LogP contribution in [0.3, 0.4) is 0 Å². The molecule has 5 nitrogen and oxygen atoms in total. The fourth-order valence-electron chi connectivity index (χ4n) is 3.00. The van der Waals surface area contributed by atoms with E-state index in [2.05, 4.69) is 28.5 Å². The second-order valence-corrected chi connectivity index (χ2v) is 5.81. The van der Waals surface area contributed by atoms with Crippen LogP contribution in [0.4, 0.5) is 0 Å². The summed E-state index contributed by atoms with van der Waals surface area (Å²) < 4.78 is 5.89. The third-order valence-electron chi connectivity index (χ3n) is 4.50. The van der Waals surface area contributed by atoms with E-state index in [1.165, 1.54) is 0 Å². The Morgan fingerprint density at radius 2 is 1.89 bits per heavy atom. The van der Waals surface area contributed by atoms with Crippen LogP contribution in [0.5, 0.6) is 0 Å². The fourth-order valence-corrected chi connectivity index (χ4v) is 3.00. The number of nitrogens with zero attached hydrogens (tertiary/aromatic N) is 3. The molecule has 2 unspecified atom stereocenters. The minimum absolute atomic E-state index is 0.396. The average Bonchev–Trinajstić information content (AvgIpc) is 2.47. The number of hydrogen-bond acceptors (Lipinski definition) is 5. The third-order valence-corrected chi connectivity index (χ3v) is 4.50. The van der Waals surface area contributed by atoms with Gasteiger partial charge in [0.1, 0.15) is 0 Å². The van der Waals surface area contributed by atoms with Crippen LogP contribution in [0.1, 0.15) is 13.8 Å². The van der Waals surface area contributed by atoms with Gasteiger partial charge in [-0.2, -0.15) is 0 Å². The number of ether oxygens (including phenoxy) is 1. The molecule has 112 valence electrons. The summed E-state index contributed by atoms with van der Waals surface area (Å²) in [7, 11) is 0. The quantitative estimate of drug-likeness (QED) is 0.741. The standard InChI is InChI=1S/C14H30N4O/c1-3-16-8-9-19-14(11-16)12-17-4-6-18(7-5-17)13(2)10-15/h13-14H,3-12,15H2,1-2H3. The SMILES string of the molecule is CCN1CCOC(CN2CCN(C(C)CN)CC2)C1. The summed E-state index contributed by atoms with van der Waals surface area (Å²) in [6, 6.07) is 0.517. The van der Waals surface area contributed by atoms with Gasteiger partial charge in [0, 0.05) is 58.4 Å². The molecule has 2 atom stereocenters. The number of morpholine rings is 1. The summed E-state index contributed by atoms with van der Waals surface area (Å²) in [6.07, 6.45) is 0.396. The highest BCUT2D eigenvalue weighted by atomic mass is 16.5. The van der Waals surface area contributed by atoms with Gasteiger partial charge in [-0.25, -0.2) is 0 Å². The summed E-state index contributed by atoms with van der Waals surface area (Å²) in [5.41, 5.74) is 5.74. The van der Waals surface area contributed by atoms with Crippen molar-refractivity contribution in [3.8, 4) is 0 Å². The second-order valence-electron chi connectivity index (χ2n) is 5.81. The van der Waals surface area contributed by atoms with Gasteiger partial charge in [0.05, 0.1) is 12.7 Å². The van der Waals surface area contributed by atoms with Crippen molar-refractivity contribution in [2.75, 3.05) is 65.5 Å². The monoisotopic (exact) mass is 270 g/mol. The zero-order valence-electron chi connectivity index (χ0n) is 12.6. The molecule has 0 radical (unpaired) electrons. The highest BCUT2D eigenvalue weighted by molar-refractivity contribution is 4.80. The van der Waals surface area contributed by atoms with E-state index in [1.807, 2.05) is 0 Å². The predicted molar refractivity (Wildman–Crippen MR) is 78.4 cm³/mol. The van der Waals surface area contributed by atoms with E-state index in [1.54, 1.807) is 0 Å². The normalized spacial score (nSPS) is 29.5. The molecule has 0 aliphatic carbocycles. The van der Waals surface area contributed by atoms with E-state index in [9.17, 15) is 0 Å². The largest absolute Gasteiger partial charge is 0.374 e. The van der Waals surface area contributed by atoms with Crippen LogP contribution in [0.15, 0.2) is 0 Å². The first-order valence-electron chi connectivity index (χ1n) is 7.73. The van der Waals surface area contributed by atoms with Crippen molar-refractivity contribution in [3.63, 3.8) is 0 Å². The summed E-state index contributed by atoms with van der Waals surface area (Å²) in [5.74, 6) is 0. The van der Waals surface area contributed by atoms with Crippen molar-refractivity contribution in [1.29, 1.82) is 0 Å². The number of hydrogen-bond donors (Lipinski definition) is 1. The van der Waals surface area contributed by atoms with E-state index < -0.39 is 0 Å². The molecular formula is C14H30N4O. The molecule has 2 rings (SSSR count). The predicted octanol–water partition coefficient (Wildman–Crippen LogP) is -0.328. The number of rotatable bonds is 5. The lowest BCUT2D eigenvalue weighted by atomic mass is 10.2. The number of piperazine rings is 1. The first-order valence-corrected chi connectivity index (χ1v) is 7.73. The zero-order chi connectivity index (χ0) is 13.7. The van der Waals surface area contributed by atoms with Crippen molar-refractivity contribution in [3.05, 3.63) is 0 Å². The Bertz CT molecular complexity index is 256. The molecule has 19 heavy (non-hydrogen) atoms. The van der Waals surface area contributed by atoms with Gasteiger partial charge in [0.2, 0.25) is 0 Å². The van der Waals surface area contributed by atoms with E-state index in [4.69, 9.17) is 10.5 Å². The second kappa shape index (κ2) is 7.55. The van der Waals surface area contributed by atoms with E-state index in [-0.39, 0.29) is 0 Å². The molecule has 5 heteroatoms. The molecule has 2 fully saturated rings. The Labute approximate surface area is 117 Å². The van der Waals surface area contributed by atoms with Crippen LogP contribution in [0.25, 0.3) is 0 Å². The summed E-state index contributed by atoms with van der Waals surface area (Å²) in [6.45, 7) is 15.1. The van der Waals surface area contributed by atoms with Gasteiger partial charge in [-0.1, -0.05) is 6.92 Å². The zero-order valence-corrected chi connectivity index (χ0v) is 12.6. The van der Waals surface area contributed by atoms with Gasteiger partial charge in [-0.3, -0.25) is 14.7 Å². The maximum absolute atomic E-state index is 5.89. The van der Waals surface area contributed by atoms with Gasteiger partial charge in [0.15, 0.2) is 0 Å². The molecule has 2 N–H and O–H groups in total. The molecule has 2 aliphatic heterocycles. The molecule has 0 spiro atoms. The molecule has 0 amide bonds. The maximum atomic E-state index is 5.89. The fraction of sp³-hybridized carbons (Fsp3) is 1.00. The highest BCUT2D eigenvalue weighted by Crippen LogP contribution is 2.10. The van der Waals surface area contributed by atoms with Crippen LogP contribution < -0.4 is 5.73 Å². The molecule has 0 aromatic carbocycles. The number of likely N-dealkylation sites (N-methyl/N-ethyl adjacent to an activating group) is 1. The minimum Gasteiger partial charge on any atom is -0.374 e. The molecule has 0 aromatic heterocycles. The van der Waals surface area contributed by atoms with Crippen LogP contribution in [-0.4, -0.2) is 92.4 Å². The van der Waals surface area contributed by atoms with Crippen LogP contribution in [0, 0.1) is 0 Å². The Morgan fingerprint density at radius 1 is 1.16 bits per heavy atom. The van der Waals surface area contributed by atoms with E-state index in [0.717, 1.165) is 65.5 Å². The van der Waals surface area contributed by atoms with E-state index >= 15 is 0 Å². The first kappa shape index (κ1) is 15.2. The highest BCUT2D eigenvalue weighted by Gasteiger charge is 2.25. The van der Waals surface area contributed by atoms with Gasteiger partial charge >= 0.3 is 0 Å². The maximum Gasteiger partial charge on any atom is 0.0829 e. The Kier molecular flexibility index (Phi) is 6.04. The lowest BCUT2D eigenvalue weighted by molar-refractivity contribution is -0.0478. The third kappa shape index (κ3) is 4.39. The first-order chi connectivity index (χ1) is 9.22.